The maximum Gasteiger partial charge on any atom is 0.137 e. The Morgan fingerprint density at radius 3 is 2.29 bits per heavy atom. The Kier molecular flexibility index (Phi) is 4.35. The van der Waals surface area contributed by atoms with E-state index in [0.717, 1.165) is 54.1 Å². The van der Waals surface area contributed by atoms with Crippen molar-refractivity contribution in [3.63, 3.8) is 0 Å². The molecule has 0 amide bonds. The highest BCUT2D eigenvalue weighted by atomic mass is 35.5. The summed E-state index contributed by atoms with van der Waals surface area (Å²) in [7, 11) is 0. The first kappa shape index (κ1) is 15.8. The molecule has 3 heterocycles. The Labute approximate surface area is 151 Å². The molecular formula is C18H18Cl2N4. The van der Waals surface area contributed by atoms with Crippen LogP contribution in [0.15, 0.2) is 48.8 Å². The third kappa shape index (κ3) is 3.36. The molecule has 0 radical (unpaired) electrons. The number of piperazine rings is 1. The topological polar surface area (TPSA) is 23.8 Å². The van der Waals surface area contributed by atoms with Crippen LogP contribution < -0.4 is 4.90 Å². The summed E-state index contributed by atoms with van der Waals surface area (Å²) in [4.78, 5) is 9.51. The van der Waals surface area contributed by atoms with E-state index in [-0.39, 0.29) is 0 Å². The van der Waals surface area contributed by atoms with Crippen LogP contribution in [0.5, 0.6) is 0 Å². The van der Waals surface area contributed by atoms with Crippen LogP contribution in [-0.2, 0) is 6.54 Å². The van der Waals surface area contributed by atoms with E-state index in [9.17, 15) is 0 Å². The van der Waals surface area contributed by atoms with Crippen LogP contribution in [-0.4, -0.2) is 40.5 Å². The van der Waals surface area contributed by atoms with Crippen molar-refractivity contribution in [2.24, 2.45) is 0 Å². The normalized spacial score (nSPS) is 16.0. The molecule has 0 N–H and O–H groups in total. The molecule has 0 spiro atoms. The molecule has 2 aromatic heterocycles. The van der Waals surface area contributed by atoms with Gasteiger partial charge in [0.15, 0.2) is 0 Å². The fourth-order valence-electron chi connectivity index (χ4n) is 3.14. The molecule has 24 heavy (non-hydrogen) atoms. The van der Waals surface area contributed by atoms with Gasteiger partial charge in [-0.15, -0.1) is 0 Å². The minimum atomic E-state index is 0.725. The van der Waals surface area contributed by atoms with E-state index in [0.29, 0.717) is 0 Å². The molecular weight excluding hydrogens is 343 g/mol. The summed E-state index contributed by atoms with van der Waals surface area (Å²) in [6.07, 6.45) is 3.96. The van der Waals surface area contributed by atoms with Gasteiger partial charge in [0.1, 0.15) is 5.65 Å². The van der Waals surface area contributed by atoms with Crippen LogP contribution in [0.4, 0.5) is 5.69 Å². The van der Waals surface area contributed by atoms with Crippen LogP contribution in [0.1, 0.15) is 5.69 Å². The van der Waals surface area contributed by atoms with Crippen LogP contribution in [0, 0.1) is 0 Å². The van der Waals surface area contributed by atoms with E-state index < -0.39 is 0 Å². The van der Waals surface area contributed by atoms with E-state index in [1.54, 1.807) is 0 Å². The van der Waals surface area contributed by atoms with Crippen molar-refractivity contribution < 1.29 is 0 Å². The second kappa shape index (κ2) is 6.63. The maximum atomic E-state index is 6.03. The van der Waals surface area contributed by atoms with Gasteiger partial charge in [0.2, 0.25) is 0 Å². The zero-order valence-corrected chi connectivity index (χ0v) is 14.7. The molecule has 4 rings (SSSR count). The number of hydrogen-bond acceptors (Lipinski definition) is 3. The predicted octanol–water partition coefficient (Wildman–Crippen LogP) is 3.96. The second-order valence-electron chi connectivity index (χ2n) is 6.08. The number of imidazole rings is 1. The van der Waals surface area contributed by atoms with Gasteiger partial charge in [0, 0.05) is 55.8 Å². The van der Waals surface area contributed by atoms with E-state index in [4.69, 9.17) is 23.2 Å². The molecule has 0 unspecified atom stereocenters. The van der Waals surface area contributed by atoms with E-state index in [1.165, 1.54) is 5.69 Å². The van der Waals surface area contributed by atoms with Gasteiger partial charge in [-0.1, -0.05) is 23.2 Å². The number of pyridine rings is 1. The zero-order valence-electron chi connectivity index (χ0n) is 13.2. The van der Waals surface area contributed by atoms with Crippen LogP contribution in [0.3, 0.4) is 0 Å². The van der Waals surface area contributed by atoms with Crippen molar-refractivity contribution >= 4 is 34.5 Å². The molecule has 1 aromatic carbocycles. The van der Waals surface area contributed by atoms with Gasteiger partial charge in [-0.05, 0) is 36.4 Å². The Morgan fingerprint density at radius 2 is 1.54 bits per heavy atom. The van der Waals surface area contributed by atoms with Crippen LogP contribution in [0.2, 0.25) is 10.0 Å². The Morgan fingerprint density at radius 1 is 0.833 bits per heavy atom. The number of hydrogen-bond donors (Lipinski definition) is 0. The predicted molar refractivity (Wildman–Crippen MR) is 99.1 cm³/mol. The van der Waals surface area contributed by atoms with Gasteiger partial charge in [0.05, 0.1) is 10.7 Å². The number of anilines is 1. The standard InChI is InChI=1S/C18H18Cl2N4/c19-14-1-4-17(5-2-14)23-9-7-22(8-10-23)12-16-13-24-11-15(20)3-6-18(24)21-16/h1-6,11,13H,7-10,12H2. The minimum absolute atomic E-state index is 0.725. The van der Waals surface area contributed by atoms with E-state index in [2.05, 4.69) is 33.1 Å². The molecule has 0 atom stereocenters. The summed E-state index contributed by atoms with van der Waals surface area (Å²) in [6.45, 7) is 4.95. The number of rotatable bonds is 3. The summed E-state index contributed by atoms with van der Waals surface area (Å²) in [5.41, 5.74) is 3.26. The molecule has 0 saturated carbocycles. The third-order valence-electron chi connectivity index (χ3n) is 4.41. The van der Waals surface area contributed by atoms with Gasteiger partial charge in [0.25, 0.3) is 0 Å². The maximum absolute atomic E-state index is 6.03. The van der Waals surface area contributed by atoms with Crippen molar-refractivity contribution in [2.75, 3.05) is 31.1 Å². The summed E-state index contributed by atoms with van der Waals surface area (Å²) < 4.78 is 1.99. The van der Waals surface area contributed by atoms with Crippen molar-refractivity contribution in [3.05, 3.63) is 64.5 Å². The fourth-order valence-corrected chi connectivity index (χ4v) is 3.43. The van der Waals surface area contributed by atoms with Crippen LogP contribution >= 0.6 is 23.2 Å². The van der Waals surface area contributed by atoms with E-state index in [1.807, 2.05) is 34.9 Å². The number of benzene rings is 1. The van der Waals surface area contributed by atoms with Gasteiger partial charge < -0.3 is 9.30 Å². The SMILES string of the molecule is Clc1ccc(N2CCN(Cc3cn4cc(Cl)ccc4n3)CC2)cc1. The minimum Gasteiger partial charge on any atom is -0.369 e. The first-order valence-corrected chi connectivity index (χ1v) is 8.79. The largest absolute Gasteiger partial charge is 0.369 e. The highest BCUT2D eigenvalue weighted by Crippen LogP contribution is 2.20. The lowest BCUT2D eigenvalue weighted by Crippen LogP contribution is -2.46. The Hall–Kier alpha value is -1.75. The summed E-state index contributed by atoms with van der Waals surface area (Å²) in [5.74, 6) is 0. The van der Waals surface area contributed by atoms with Crippen LogP contribution in [0.25, 0.3) is 5.65 Å². The average Bonchev–Trinajstić information content (AvgIpc) is 2.98. The smallest absolute Gasteiger partial charge is 0.137 e. The quantitative estimate of drug-likeness (QED) is 0.706. The third-order valence-corrected chi connectivity index (χ3v) is 4.89. The lowest BCUT2D eigenvalue weighted by Gasteiger charge is -2.35. The van der Waals surface area contributed by atoms with Gasteiger partial charge in [-0.2, -0.15) is 0 Å². The fraction of sp³-hybridized carbons (Fsp3) is 0.278. The van der Waals surface area contributed by atoms with Crippen molar-refractivity contribution in [1.82, 2.24) is 14.3 Å². The lowest BCUT2D eigenvalue weighted by molar-refractivity contribution is 0.247. The van der Waals surface area contributed by atoms with Crippen molar-refractivity contribution in [2.45, 2.75) is 6.54 Å². The number of aromatic nitrogens is 2. The first-order valence-electron chi connectivity index (χ1n) is 8.03. The highest BCUT2D eigenvalue weighted by molar-refractivity contribution is 6.30. The van der Waals surface area contributed by atoms with Crippen molar-refractivity contribution in [3.8, 4) is 0 Å². The molecule has 1 fully saturated rings. The molecule has 1 aliphatic rings. The van der Waals surface area contributed by atoms with Gasteiger partial charge in [-0.25, -0.2) is 4.98 Å². The summed E-state index contributed by atoms with van der Waals surface area (Å²) >= 11 is 12.0. The molecule has 1 saturated heterocycles. The lowest BCUT2D eigenvalue weighted by atomic mass is 10.2. The first-order chi connectivity index (χ1) is 11.7. The number of halogens is 2. The second-order valence-corrected chi connectivity index (χ2v) is 6.96. The number of fused-ring (bicyclic) bond motifs is 1. The zero-order chi connectivity index (χ0) is 16.5. The number of nitrogens with zero attached hydrogens (tertiary/aromatic N) is 4. The molecule has 1 aliphatic heterocycles. The molecule has 0 bridgehead atoms. The highest BCUT2D eigenvalue weighted by Gasteiger charge is 2.18. The summed E-state index contributed by atoms with van der Waals surface area (Å²) in [5, 5.41) is 1.51. The van der Waals surface area contributed by atoms with E-state index >= 15 is 0 Å². The van der Waals surface area contributed by atoms with Crippen molar-refractivity contribution in [1.29, 1.82) is 0 Å². The molecule has 124 valence electrons. The molecule has 0 aliphatic carbocycles. The Bertz CT molecular complexity index is 836. The summed E-state index contributed by atoms with van der Waals surface area (Å²) in [6, 6.07) is 11.9. The van der Waals surface area contributed by atoms with Gasteiger partial charge >= 0.3 is 0 Å². The average molecular weight is 361 g/mol. The molecule has 6 heteroatoms. The molecule has 3 aromatic rings. The molecule has 4 nitrogen and oxygen atoms in total. The van der Waals surface area contributed by atoms with Gasteiger partial charge in [-0.3, -0.25) is 4.90 Å². The Balaban J connectivity index is 1.39. The monoisotopic (exact) mass is 360 g/mol.